The predicted molar refractivity (Wildman–Crippen MR) is 83.0 cm³/mol. The number of alkyl halides is 1. The van der Waals surface area contributed by atoms with E-state index in [1.807, 2.05) is 24.3 Å². The monoisotopic (exact) mass is 396 g/mol. The maximum atomic E-state index is 10.7. The second-order valence-corrected chi connectivity index (χ2v) is 5.69. The first-order valence-electron chi connectivity index (χ1n) is 5.82. The molecule has 2 aromatic rings. The Morgan fingerprint density at radius 1 is 1.05 bits per heavy atom. The van der Waals surface area contributed by atoms with E-state index < -0.39 is 15.2 Å². The molecule has 0 radical (unpaired) electrons. The van der Waals surface area contributed by atoms with E-state index in [4.69, 9.17) is 14.2 Å². The zero-order valence-electron chi connectivity index (χ0n) is 11.1. The fourth-order valence-electron chi connectivity index (χ4n) is 1.53. The van der Waals surface area contributed by atoms with Crippen molar-refractivity contribution in [3.05, 3.63) is 54.1 Å². The smallest absolute Gasteiger partial charge is 0.398 e. The zero-order chi connectivity index (χ0) is 16.8. The molecule has 120 valence electrons. The number of nitrogen functional groups attached to an aromatic ring is 1. The quantitative estimate of drug-likeness (QED) is 0.367. The van der Waals surface area contributed by atoms with Crippen LogP contribution in [0, 0.1) is 0 Å². The van der Waals surface area contributed by atoms with Crippen LogP contribution in [0.4, 0.5) is 18.5 Å². The lowest BCUT2D eigenvalue weighted by molar-refractivity contribution is -0.0591. The van der Waals surface area contributed by atoms with Crippen LogP contribution >= 0.6 is 15.9 Å². The van der Waals surface area contributed by atoms with Gasteiger partial charge in [0.05, 0.1) is 0 Å². The van der Waals surface area contributed by atoms with E-state index in [0.717, 1.165) is 22.1 Å². The lowest BCUT2D eigenvalue weighted by Gasteiger charge is -2.05. The van der Waals surface area contributed by atoms with Crippen molar-refractivity contribution in [1.29, 1.82) is 0 Å². The molecule has 0 aliphatic carbocycles. The van der Waals surface area contributed by atoms with Gasteiger partial charge in [0, 0.05) is 16.6 Å². The van der Waals surface area contributed by atoms with Crippen molar-refractivity contribution < 1.29 is 21.3 Å². The number of halogens is 4. The Kier molecular flexibility index (Phi) is 6.85. The summed E-state index contributed by atoms with van der Waals surface area (Å²) < 4.78 is 46.7. The topological polar surface area (TPSA) is 63.4 Å². The molecule has 0 bridgehead atoms. The first-order valence-corrected chi connectivity index (χ1v) is 8.28. The Hall–Kier alpha value is -1.58. The first-order chi connectivity index (χ1) is 10.3. The highest BCUT2D eigenvalue weighted by Gasteiger charge is 2.18. The molecule has 0 atom stereocenters. The summed E-state index contributed by atoms with van der Waals surface area (Å²) in [6.45, 7) is 0. The molecule has 22 heavy (non-hydrogen) atoms. The number of rotatable bonds is 3. The highest BCUT2D eigenvalue weighted by molar-refractivity contribution is 9.08. The minimum absolute atomic E-state index is 0.823. The number of anilines is 1. The summed E-state index contributed by atoms with van der Waals surface area (Å²) in [5.41, 5.74) is 10.3. The van der Waals surface area contributed by atoms with Crippen molar-refractivity contribution in [2.75, 3.05) is 5.73 Å². The van der Waals surface area contributed by atoms with Crippen LogP contribution in [0.2, 0.25) is 0 Å². The summed E-state index contributed by atoms with van der Waals surface area (Å²) >= 11 is 3.43. The van der Waals surface area contributed by atoms with E-state index in [-0.39, 0.29) is 0 Å². The molecule has 0 aliphatic heterocycles. The summed E-state index contributed by atoms with van der Waals surface area (Å²) in [7, 11) is -5.74. The molecule has 0 spiro atoms. The fourth-order valence-corrected chi connectivity index (χ4v) is 1.91. The molecular formula is C13H12BrF3N2O2S. The van der Waals surface area contributed by atoms with Crippen LogP contribution in [-0.4, -0.2) is 13.2 Å². The van der Waals surface area contributed by atoms with E-state index in [9.17, 15) is 12.8 Å². The van der Waals surface area contributed by atoms with Crippen molar-refractivity contribution in [3.63, 3.8) is 0 Å². The SMILES string of the molecule is Nc1ccccc1-c1ccc(CBr)cc1.O=S(=O)(F)N(F)F. The van der Waals surface area contributed by atoms with Crippen molar-refractivity contribution >= 4 is 32.0 Å². The lowest BCUT2D eigenvalue weighted by atomic mass is 10.0. The molecule has 0 aromatic heterocycles. The van der Waals surface area contributed by atoms with Gasteiger partial charge in [-0.25, -0.2) is 0 Å². The Bertz CT molecular complexity index is 709. The highest BCUT2D eigenvalue weighted by Crippen LogP contribution is 2.25. The Morgan fingerprint density at radius 3 is 1.95 bits per heavy atom. The average molecular weight is 397 g/mol. The van der Waals surface area contributed by atoms with E-state index in [1.54, 1.807) is 0 Å². The van der Waals surface area contributed by atoms with Crippen molar-refractivity contribution in [1.82, 2.24) is 4.75 Å². The number of hydrogen-bond donors (Lipinski definition) is 1. The third-order valence-electron chi connectivity index (χ3n) is 2.54. The van der Waals surface area contributed by atoms with Gasteiger partial charge in [-0.1, -0.05) is 71.2 Å². The van der Waals surface area contributed by atoms with Crippen LogP contribution < -0.4 is 5.73 Å². The molecule has 0 amide bonds. The molecule has 4 nitrogen and oxygen atoms in total. The van der Waals surface area contributed by atoms with E-state index in [1.165, 1.54) is 5.56 Å². The highest BCUT2D eigenvalue weighted by atomic mass is 79.9. The number of para-hydroxylation sites is 1. The van der Waals surface area contributed by atoms with Gasteiger partial charge >= 0.3 is 10.4 Å². The molecule has 0 unspecified atom stereocenters. The standard InChI is InChI=1S/C13H12BrN.F3NO2S/c14-9-10-5-7-11(8-6-10)12-3-1-2-4-13(12)15;1-4(2)7(3,5)6/h1-8H,9,15H2;. The summed E-state index contributed by atoms with van der Waals surface area (Å²) in [6.07, 6.45) is 0. The molecule has 0 saturated heterocycles. The zero-order valence-corrected chi connectivity index (χ0v) is 13.5. The maximum Gasteiger partial charge on any atom is 0.430 e. The fraction of sp³-hybridized carbons (Fsp3) is 0.0769. The van der Waals surface area contributed by atoms with Gasteiger partial charge in [-0.2, -0.15) is 8.42 Å². The normalized spacial score (nSPS) is 11.0. The summed E-state index contributed by atoms with van der Waals surface area (Å²) in [5.74, 6) is 0. The largest absolute Gasteiger partial charge is 0.430 e. The van der Waals surface area contributed by atoms with Gasteiger partial charge in [-0.3, -0.25) is 0 Å². The lowest BCUT2D eigenvalue weighted by Crippen LogP contribution is -2.06. The minimum Gasteiger partial charge on any atom is -0.398 e. The van der Waals surface area contributed by atoms with Gasteiger partial charge in [-0.15, -0.1) is 0 Å². The van der Waals surface area contributed by atoms with Gasteiger partial charge in [0.25, 0.3) is 0 Å². The van der Waals surface area contributed by atoms with Gasteiger partial charge in [0.2, 0.25) is 0 Å². The Labute approximate surface area is 134 Å². The van der Waals surface area contributed by atoms with Gasteiger partial charge in [0.1, 0.15) is 0 Å². The Morgan fingerprint density at radius 2 is 1.55 bits per heavy atom. The molecule has 9 heteroatoms. The molecule has 2 aromatic carbocycles. The minimum atomic E-state index is -5.74. The van der Waals surface area contributed by atoms with Crippen LogP contribution in [0.3, 0.4) is 0 Å². The van der Waals surface area contributed by atoms with Crippen LogP contribution in [0.1, 0.15) is 5.56 Å². The van der Waals surface area contributed by atoms with Crippen LogP contribution in [0.5, 0.6) is 0 Å². The third kappa shape index (κ3) is 5.66. The van der Waals surface area contributed by atoms with Gasteiger partial charge < -0.3 is 5.73 Å². The maximum absolute atomic E-state index is 10.7. The average Bonchev–Trinajstić information content (AvgIpc) is 2.47. The van der Waals surface area contributed by atoms with Crippen molar-refractivity contribution in [2.24, 2.45) is 0 Å². The van der Waals surface area contributed by atoms with E-state index >= 15 is 0 Å². The number of hydrogen-bond acceptors (Lipinski definition) is 3. The van der Waals surface area contributed by atoms with E-state index in [2.05, 4.69) is 40.2 Å². The Balaban J connectivity index is 0.000000295. The van der Waals surface area contributed by atoms with Crippen molar-refractivity contribution in [2.45, 2.75) is 5.33 Å². The van der Waals surface area contributed by atoms with Crippen LogP contribution in [-0.2, 0) is 15.7 Å². The molecule has 2 N–H and O–H groups in total. The third-order valence-corrected chi connectivity index (χ3v) is 3.52. The second kappa shape index (κ2) is 8.16. The van der Waals surface area contributed by atoms with Crippen LogP contribution in [0.25, 0.3) is 11.1 Å². The van der Waals surface area contributed by atoms with Gasteiger partial charge in [-0.05, 0) is 17.2 Å². The number of benzene rings is 2. The molecule has 0 aliphatic rings. The molecular weight excluding hydrogens is 385 g/mol. The summed E-state index contributed by atoms with van der Waals surface area (Å²) in [4.78, 5) is 0. The van der Waals surface area contributed by atoms with Crippen LogP contribution in [0.15, 0.2) is 48.5 Å². The summed E-state index contributed by atoms with van der Waals surface area (Å²) in [5, 5.41) is 0.886. The van der Waals surface area contributed by atoms with Gasteiger partial charge in [0.15, 0.2) is 4.75 Å². The molecule has 0 heterocycles. The number of nitrogens with zero attached hydrogens (tertiary/aromatic N) is 1. The van der Waals surface area contributed by atoms with E-state index in [0.29, 0.717) is 0 Å². The molecule has 0 fully saturated rings. The predicted octanol–water partition coefficient (Wildman–Crippen LogP) is 4.10. The first kappa shape index (κ1) is 18.5. The molecule has 0 saturated carbocycles. The summed E-state index contributed by atoms with van der Waals surface area (Å²) in [6, 6.07) is 16.3. The second-order valence-electron chi connectivity index (χ2n) is 4.03. The van der Waals surface area contributed by atoms with Crippen molar-refractivity contribution in [3.8, 4) is 11.1 Å². The molecule has 2 rings (SSSR count). The number of nitrogens with two attached hydrogens (primary N) is 1.